The quantitative estimate of drug-likeness (QED) is 0.833. The highest BCUT2D eigenvalue weighted by Gasteiger charge is 2.12. The van der Waals surface area contributed by atoms with Crippen molar-refractivity contribution < 1.29 is 9.53 Å². The summed E-state index contributed by atoms with van der Waals surface area (Å²) in [6.45, 7) is 2.32. The summed E-state index contributed by atoms with van der Waals surface area (Å²) in [5.74, 6) is 0.272. The molecule has 0 fully saturated rings. The third kappa shape index (κ3) is 3.26. The van der Waals surface area contributed by atoms with Crippen molar-refractivity contribution in [2.75, 3.05) is 12.8 Å². The molecule has 0 bridgehead atoms. The van der Waals surface area contributed by atoms with Crippen LogP contribution in [0.3, 0.4) is 0 Å². The van der Waals surface area contributed by atoms with E-state index in [2.05, 4.69) is 10.3 Å². The van der Waals surface area contributed by atoms with Gasteiger partial charge in [0.05, 0.1) is 12.7 Å². The number of nitrogens with two attached hydrogens (primary N) is 1. The zero-order valence-corrected chi connectivity index (χ0v) is 11.5. The fraction of sp³-hybridized carbons (Fsp3) is 0.200. The SMILES string of the molecule is COc1ccc(N)cc1C(=O)NCc1ccc(C)nc1. The smallest absolute Gasteiger partial charge is 0.255 e. The van der Waals surface area contributed by atoms with E-state index in [1.807, 2.05) is 19.1 Å². The van der Waals surface area contributed by atoms with Crippen molar-refractivity contribution in [2.24, 2.45) is 0 Å². The fourth-order valence-corrected chi connectivity index (χ4v) is 1.78. The van der Waals surface area contributed by atoms with Gasteiger partial charge in [0.15, 0.2) is 0 Å². The van der Waals surface area contributed by atoms with Gasteiger partial charge in [-0.1, -0.05) is 6.07 Å². The van der Waals surface area contributed by atoms with Crippen LogP contribution < -0.4 is 15.8 Å². The first-order valence-corrected chi connectivity index (χ1v) is 6.23. The molecule has 5 heteroatoms. The second kappa shape index (κ2) is 6.06. The van der Waals surface area contributed by atoms with Crippen molar-refractivity contribution >= 4 is 11.6 Å². The van der Waals surface area contributed by atoms with Crippen LogP contribution in [0.25, 0.3) is 0 Å². The van der Waals surface area contributed by atoms with Crippen molar-refractivity contribution in [2.45, 2.75) is 13.5 Å². The molecular weight excluding hydrogens is 254 g/mol. The highest BCUT2D eigenvalue weighted by atomic mass is 16.5. The van der Waals surface area contributed by atoms with Crippen LogP contribution in [0.15, 0.2) is 36.5 Å². The number of nitrogens with one attached hydrogen (secondary N) is 1. The first-order valence-electron chi connectivity index (χ1n) is 6.23. The number of hydrogen-bond donors (Lipinski definition) is 2. The van der Waals surface area contributed by atoms with Crippen molar-refractivity contribution in [3.8, 4) is 5.75 Å². The highest BCUT2D eigenvalue weighted by Crippen LogP contribution is 2.20. The number of ether oxygens (including phenoxy) is 1. The molecular formula is C15H17N3O2. The Morgan fingerprint density at radius 3 is 2.80 bits per heavy atom. The van der Waals surface area contributed by atoms with Crippen LogP contribution in [0.1, 0.15) is 21.6 Å². The number of carbonyl (C=O) groups excluding carboxylic acids is 1. The second-order valence-corrected chi connectivity index (χ2v) is 4.45. The van der Waals surface area contributed by atoms with Crippen LogP contribution in [0, 0.1) is 6.92 Å². The van der Waals surface area contributed by atoms with E-state index in [1.54, 1.807) is 24.4 Å². The third-order valence-corrected chi connectivity index (χ3v) is 2.89. The maximum atomic E-state index is 12.1. The summed E-state index contributed by atoms with van der Waals surface area (Å²) < 4.78 is 5.16. The summed E-state index contributed by atoms with van der Waals surface area (Å²) in [7, 11) is 1.52. The molecule has 0 saturated heterocycles. The van der Waals surface area contributed by atoms with Gasteiger partial charge in [-0.05, 0) is 36.8 Å². The van der Waals surface area contributed by atoms with Crippen molar-refractivity contribution in [1.29, 1.82) is 0 Å². The van der Waals surface area contributed by atoms with Gasteiger partial charge in [0, 0.05) is 24.1 Å². The lowest BCUT2D eigenvalue weighted by Crippen LogP contribution is -2.23. The fourth-order valence-electron chi connectivity index (χ4n) is 1.78. The molecule has 0 atom stereocenters. The number of rotatable bonds is 4. The lowest BCUT2D eigenvalue weighted by atomic mass is 10.1. The molecule has 0 saturated carbocycles. The van der Waals surface area contributed by atoms with Crippen LogP contribution in [-0.2, 0) is 6.54 Å². The van der Waals surface area contributed by atoms with Gasteiger partial charge < -0.3 is 15.8 Å². The Morgan fingerprint density at radius 1 is 1.35 bits per heavy atom. The molecule has 5 nitrogen and oxygen atoms in total. The standard InChI is InChI=1S/C15H17N3O2/c1-10-3-4-11(8-17-10)9-18-15(19)13-7-12(16)5-6-14(13)20-2/h3-8H,9,16H2,1-2H3,(H,18,19). The number of anilines is 1. The number of hydrogen-bond acceptors (Lipinski definition) is 4. The predicted octanol–water partition coefficient (Wildman–Crippen LogP) is 1.91. The molecule has 3 N–H and O–H groups in total. The van der Waals surface area contributed by atoms with Gasteiger partial charge in [-0.15, -0.1) is 0 Å². The summed E-state index contributed by atoms with van der Waals surface area (Å²) in [5, 5.41) is 2.82. The van der Waals surface area contributed by atoms with Gasteiger partial charge in [-0.3, -0.25) is 9.78 Å². The summed E-state index contributed by atoms with van der Waals surface area (Å²) in [6.07, 6.45) is 1.74. The van der Waals surface area contributed by atoms with Gasteiger partial charge in [0.25, 0.3) is 5.91 Å². The van der Waals surface area contributed by atoms with Crippen LogP contribution in [0.2, 0.25) is 0 Å². The van der Waals surface area contributed by atoms with Crippen LogP contribution in [-0.4, -0.2) is 18.0 Å². The van der Waals surface area contributed by atoms with E-state index in [0.717, 1.165) is 11.3 Å². The van der Waals surface area contributed by atoms with Crippen molar-refractivity contribution in [3.05, 3.63) is 53.3 Å². The van der Waals surface area contributed by atoms with Crippen molar-refractivity contribution in [1.82, 2.24) is 10.3 Å². The molecule has 0 aliphatic heterocycles. The molecule has 2 rings (SSSR count). The Bertz CT molecular complexity index is 609. The van der Waals surface area contributed by atoms with Crippen LogP contribution in [0.5, 0.6) is 5.75 Å². The third-order valence-electron chi connectivity index (χ3n) is 2.89. The Kier molecular flexibility index (Phi) is 4.20. The van der Waals surface area contributed by atoms with E-state index < -0.39 is 0 Å². The van der Waals surface area contributed by atoms with Crippen molar-refractivity contribution in [3.63, 3.8) is 0 Å². The first kappa shape index (κ1) is 13.9. The van der Waals surface area contributed by atoms with E-state index >= 15 is 0 Å². The van der Waals surface area contributed by atoms with Crippen LogP contribution >= 0.6 is 0 Å². The van der Waals surface area contributed by atoms with Gasteiger partial charge in [0.2, 0.25) is 0 Å². The second-order valence-electron chi connectivity index (χ2n) is 4.45. The van der Waals surface area contributed by atoms with E-state index in [9.17, 15) is 4.79 Å². The topological polar surface area (TPSA) is 77.2 Å². The number of nitrogen functional groups attached to an aromatic ring is 1. The molecule has 0 spiro atoms. The molecule has 1 aromatic heterocycles. The Labute approximate surface area is 117 Å². The molecule has 0 radical (unpaired) electrons. The van der Waals surface area contributed by atoms with Gasteiger partial charge >= 0.3 is 0 Å². The van der Waals surface area contributed by atoms with E-state index in [1.165, 1.54) is 7.11 Å². The first-order chi connectivity index (χ1) is 9.60. The molecule has 20 heavy (non-hydrogen) atoms. The summed E-state index contributed by atoms with van der Waals surface area (Å²) in [6, 6.07) is 8.81. The minimum Gasteiger partial charge on any atom is -0.496 e. The number of amides is 1. The average molecular weight is 271 g/mol. The van der Waals surface area contributed by atoms with Gasteiger partial charge in [-0.2, -0.15) is 0 Å². The van der Waals surface area contributed by atoms with E-state index in [-0.39, 0.29) is 5.91 Å². The Morgan fingerprint density at radius 2 is 2.15 bits per heavy atom. The summed E-state index contributed by atoms with van der Waals surface area (Å²) in [4.78, 5) is 16.3. The summed E-state index contributed by atoms with van der Waals surface area (Å²) >= 11 is 0. The molecule has 0 aliphatic carbocycles. The summed E-state index contributed by atoms with van der Waals surface area (Å²) in [5.41, 5.74) is 8.52. The van der Waals surface area contributed by atoms with Gasteiger partial charge in [0.1, 0.15) is 5.75 Å². The number of aryl methyl sites for hydroxylation is 1. The Hall–Kier alpha value is -2.56. The molecule has 0 unspecified atom stereocenters. The number of nitrogens with zero attached hydrogens (tertiary/aromatic N) is 1. The molecule has 0 aliphatic rings. The normalized spacial score (nSPS) is 10.1. The van der Waals surface area contributed by atoms with E-state index in [4.69, 9.17) is 10.5 Å². The number of benzene rings is 1. The largest absolute Gasteiger partial charge is 0.496 e. The molecule has 1 heterocycles. The Balaban J connectivity index is 2.08. The maximum Gasteiger partial charge on any atom is 0.255 e. The average Bonchev–Trinajstić information content (AvgIpc) is 2.46. The molecule has 2 aromatic rings. The molecule has 104 valence electrons. The number of pyridine rings is 1. The zero-order valence-electron chi connectivity index (χ0n) is 11.5. The van der Waals surface area contributed by atoms with Crippen LogP contribution in [0.4, 0.5) is 5.69 Å². The maximum absolute atomic E-state index is 12.1. The number of methoxy groups -OCH3 is 1. The monoisotopic (exact) mass is 271 g/mol. The van der Waals surface area contributed by atoms with Gasteiger partial charge in [-0.25, -0.2) is 0 Å². The number of aromatic nitrogens is 1. The predicted molar refractivity (Wildman–Crippen MR) is 77.6 cm³/mol. The highest BCUT2D eigenvalue weighted by molar-refractivity contribution is 5.97. The molecule has 1 amide bonds. The lowest BCUT2D eigenvalue weighted by molar-refractivity contribution is 0.0948. The lowest BCUT2D eigenvalue weighted by Gasteiger charge is -2.10. The molecule has 1 aromatic carbocycles. The minimum absolute atomic E-state index is 0.227. The minimum atomic E-state index is -0.227. The number of carbonyl (C=O) groups is 1. The zero-order chi connectivity index (χ0) is 14.5. The van der Waals surface area contributed by atoms with E-state index in [0.29, 0.717) is 23.5 Å².